The van der Waals surface area contributed by atoms with E-state index in [0.717, 1.165) is 6.42 Å². The molecule has 2 rings (SSSR count). The van der Waals surface area contributed by atoms with E-state index in [9.17, 15) is 4.79 Å². The smallest absolute Gasteiger partial charge is 0.271 e. The van der Waals surface area contributed by atoms with Gasteiger partial charge < -0.3 is 11.1 Å². The lowest BCUT2D eigenvalue weighted by Crippen LogP contribution is -2.29. The highest BCUT2D eigenvalue weighted by Crippen LogP contribution is 2.44. The van der Waals surface area contributed by atoms with Crippen molar-refractivity contribution in [2.75, 3.05) is 5.73 Å². The fraction of sp³-hybridized carbons (Fsp3) is 0.500. The first-order chi connectivity index (χ1) is 6.99. The summed E-state index contributed by atoms with van der Waals surface area (Å²) in [6.07, 6.45) is 3.79. The molecule has 0 saturated heterocycles. The van der Waals surface area contributed by atoms with Crippen LogP contribution in [0.25, 0.3) is 0 Å². The second-order valence-electron chi connectivity index (χ2n) is 4.55. The van der Waals surface area contributed by atoms with E-state index in [1.807, 2.05) is 0 Å². The SMILES string of the molecule is CC1(C)CC1NC(=O)c1cnc(N)cn1. The third-order valence-corrected chi connectivity index (χ3v) is 2.72. The summed E-state index contributed by atoms with van der Waals surface area (Å²) in [5.74, 6) is 0.136. The molecule has 1 aromatic heterocycles. The molecule has 1 unspecified atom stereocenters. The van der Waals surface area contributed by atoms with Crippen molar-refractivity contribution in [3.8, 4) is 0 Å². The van der Waals surface area contributed by atoms with Crippen molar-refractivity contribution < 1.29 is 4.79 Å². The van der Waals surface area contributed by atoms with E-state index in [1.54, 1.807) is 0 Å². The minimum absolute atomic E-state index is 0.182. The Morgan fingerprint density at radius 1 is 1.53 bits per heavy atom. The Morgan fingerprint density at radius 3 is 2.67 bits per heavy atom. The van der Waals surface area contributed by atoms with Gasteiger partial charge in [-0.1, -0.05) is 13.8 Å². The van der Waals surface area contributed by atoms with Crippen LogP contribution in [0.1, 0.15) is 30.8 Å². The molecule has 1 amide bonds. The van der Waals surface area contributed by atoms with Gasteiger partial charge in [-0.15, -0.1) is 0 Å². The summed E-state index contributed by atoms with van der Waals surface area (Å²) in [4.78, 5) is 19.4. The second kappa shape index (κ2) is 3.18. The van der Waals surface area contributed by atoms with Crippen molar-refractivity contribution in [3.63, 3.8) is 0 Å². The van der Waals surface area contributed by atoms with Crippen LogP contribution in [-0.2, 0) is 0 Å². The molecule has 80 valence electrons. The largest absolute Gasteiger partial charge is 0.382 e. The minimum Gasteiger partial charge on any atom is -0.382 e. The number of nitrogen functional groups attached to an aromatic ring is 1. The Hall–Kier alpha value is -1.65. The maximum atomic E-state index is 11.6. The number of anilines is 1. The van der Waals surface area contributed by atoms with Crippen molar-refractivity contribution in [3.05, 3.63) is 18.1 Å². The Bertz CT molecular complexity index is 385. The van der Waals surface area contributed by atoms with Gasteiger partial charge in [-0.25, -0.2) is 9.97 Å². The molecule has 0 aromatic carbocycles. The topological polar surface area (TPSA) is 80.9 Å². The number of rotatable bonds is 2. The molecule has 5 heteroatoms. The first-order valence-corrected chi connectivity index (χ1v) is 4.87. The predicted molar refractivity (Wildman–Crippen MR) is 56.1 cm³/mol. The predicted octanol–water partition coefficient (Wildman–Crippen LogP) is 0.587. The molecule has 0 spiro atoms. The number of hydrogen-bond donors (Lipinski definition) is 2. The molecular formula is C10H14N4O. The molecule has 1 aliphatic rings. The van der Waals surface area contributed by atoms with Gasteiger partial charge in [0.1, 0.15) is 11.5 Å². The van der Waals surface area contributed by atoms with Crippen LogP contribution in [0.4, 0.5) is 5.82 Å². The van der Waals surface area contributed by atoms with Crippen molar-refractivity contribution in [2.45, 2.75) is 26.3 Å². The molecular weight excluding hydrogens is 192 g/mol. The van der Waals surface area contributed by atoms with Gasteiger partial charge in [0.25, 0.3) is 5.91 Å². The third-order valence-electron chi connectivity index (χ3n) is 2.72. The lowest BCUT2D eigenvalue weighted by Gasteiger charge is -2.05. The monoisotopic (exact) mass is 206 g/mol. The van der Waals surface area contributed by atoms with E-state index in [4.69, 9.17) is 5.73 Å². The van der Waals surface area contributed by atoms with Gasteiger partial charge in [-0.05, 0) is 11.8 Å². The number of nitrogens with two attached hydrogens (primary N) is 1. The van der Waals surface area contributed by atoms with Crippen LogP contribution in [0.5, 0.6) is 0 Å². The summed E-state index contributed by atoms with van der Waals surface area (Å²) in [5, 5.41) is 2.90. The molecule has 1 fully saturated rings. The van der Waals surface area contributed by atoms with Gasteiger partial charge >= 0.3 is 0 Å². The highest BCUT2D eigenvalue weighted by Gasteiger charge is 2.46. The molecule has 0 bridgehead atoms. The van der Waals surface area contributed by atoms with E-state index in [2.05, 4.69) is 29.1 Å². The normalized spacial score (nSPS) is 22.1. The summed E-state index contributed by atoms with van der Waals surface area (Å²) in [6.45, 7) is 4.24. The van der Waals surface area contributed by atoms with E-state index < -0.39 is 0 Å². The number of nitrogens with one attached hydrogen (secondary N) is 1. The molecule has 1 saturated carbocycles. The molecule has 0 aliphatic heterocycles. The average Bonchev–Trinajstić information content (AvgIpc) is 2.74. The van der Waals surface area contributed by atoms with Gasteiger partial charge in [0.2, 0.25) is 0 Å². The van der Waals surface area contributed by atoms with E-state index in [1.165, 1.54) is 12.4 Å². The van der Waals surface area contributed by atoms with Crippen LogP contribution < -0.4 is 11.1 Å². The number of carbonyl (C=O) groups is 1. The average molecular weight is 206 g/mol. The van der Waals surface area contributed by atoms with Crippen molar-refractivity contribution in [1.82, 2.24) is 15.3 Å². The molecule has 1 aromatic rings. The Labute approximate surface area is 88.1 Å². The first kappa shape index (κ1) is 9.89. The Morgan fingerprint density at radius 2 is 2.20 bits per heavy atom. The number of aromatic nitrogens is 2. The lowest BCUT2D eigenvalue weighted by atomic mass is 10.2. The Kier molecular flexibility index (Phi) is 2.10. The summed E-state index contributed by atoms with van der Waals surface area (Å²) >= 11 is 0. The second-order valence-corrected chi connectivity index (χ2v) is 4.55. The van der Waals surface area contributed by atoms with Gasteiger partial charge in [-0.2, -0.15) is 0 Å². The number of nitrogens with zero attached hydrogens (tertiary/aromatic N) is 2. The van der Waals surface area contributed by atoms with Crippen LogP contribution in [0.15, 0.2) is 12.4 Å². The molecule has 3 N–H and O–H groups in total. The maximum absolute atomic E-state index is 11.6. The fourth-order valence-corrected chi connectivity index (χ4v) is 1.40. The van der Waals surface area contributed by atoms with Gasteiger partial charge in [-0.3, -0.25) is 4.79 Å². The number of carbonyl (C=O) groups excluding carboxylic acids is 1. The Balaban J connectivity index is 2.00. The van der Waals surface area contributed by atoms with Gasteiger partial charge in [0.15, 0.2) is 0 Å². The fourth-order valence-electron chi connectivity index (χ4n) is 1.40. The van der Waals surface area contributed by atoms with Crippen LogP contribution in [0.3, 0.4) is 0 Å². The standard InChI is InChI=1S/C10H14N4O/c1-10(2)3-7(10)14-9(15)6-4-13-8(11)5-12-6/h4-5,7H,3H2,1-2H3,(H2,11,13)(H,14,15). The molecule has 0 radical (unpaired) electrons. The first-order valence-electron chi connectivity index (χ1n) is 4.87. The molecule has 1 heterocycles. The van der Waals surface area contributed by atoms with Crippen LogP contribution in [-0.4, -0.2) is 21.9 Å². The quantitative estimate of drug-likeness (QED) is 0.742. The van der Waals surface area contributed by atoms with E-state index in [-0.39, 0.29) is 17.4 Å². The minimum atomic E-state index is -0.182. The number of amides is 1. The lowest BCUT2D eigenvalue weighted by molar-refractivity contribution is 0.0941. The van der Waals surface area contributed by atoms with Crippen molar-refractivity contribution >= 4 is 11.7 Å². The van der Waals surface area contributed by atoms with Crippen molar-refractivity contribution in [1.29, 1.82) is 0 Å². The van der Waals surface area contributed by atoms with E-state index in [0.29, 0.717) is 11.5 Å². The molecule has 5 nitrogen and oxygen atoms in total. The van der Waals surface area contributed by atoms with Gasteiger partial charge in [0, 0.05) is 6.04 Å². The van der Waals surface area contributed by atoms with Crippen LogP contribution >= 0.6 is 0 Å². The molecule has 1 atom stereocenters. The summed E-state index contributed by atoms with van der Waals surface area (Å²) in [7, 11) is 0. The summed E-state index contributed by atoms with van der Waals surface area (Å²) in [5.41, 5.74) is 5.91. The van der Waals surface area contributed by atoms with Crippen LogP contribution in [0, 0.1) is 5.41 Å². The molecule has 1 aliphatic carbocycles. The third kappa shape index (κ3) is 2.06. The van der Waals surface area contributed by atoms with Gasteiger partial charge in [0.05, 0.1) is 12.4 Å². The molecule has 15 heavy (non-hydrogen) atoms. The zero-order valence-corrected chi connectivity index (χ0v) is 8.82. The highest BCUT2D eigenvalue weighted by molar-refractivity contribution is 5.92. The zero-order chi connectivity index (χ0) is 11.1. The van der Waals surface area contributed by atoms with E-state index >= 15 is 0 Å². The summed E-state index contributed by atoms with van der Waals surface area (Å²) in [6, 6.07) is 0.254. The number of hydrogen-bond acceptors (Lipinski definition) is 4. The van der Waals surface area contributed by atoms with Crippen molar-refractivity contribution in [2.24, 2.45) is 5.41 Å². The maximum Gasteiger partial charge on any atom is 0.271 e. The summed E-state index contributed by atoms with van der Waals surface area (Å²) < 4.78 is 0. The van der Waals surface area contributed by atoms with Crippen LogP contribution in [0.2, 0.25) is 0 Å². The highest BCUT2D eigenvalue weighted by atomic mass is 16.2. The zero-order valence-electron chi connectivity index (χ0n) is 8.82.